The van der Waals surface area contributed by atoms with Gasteiger partial charge in [0.1, 0.15) is 6.04 Å². The van der Waals surface area contributed by atoms with Gasteiger partial charge < -0.3 is 9.84 Å². The molecule has 1 aromatic heterocycles. The number of nitrogens with zero attached hydrogens (tertiary/aromatic N) is 1. The molecule has 0 saturated carbocycles. The van der Waals surface area contributed by atoms with Crippen LogP contribution in [0.1, 0.15) is 21.6 Å². The summed E-state index contributed by atoms with van der Waals surface area (Å²) in [6.45, 7) is 0.434. The number of carboxylic acids is 1. The third-order valence-corrected chi connectivity index (χ3v) is 3.77. The van der Waals surface area contributed by atoms with Crippen LogP contribution in [-0.4, -0.2) is 35.2 Å². The molecule has 1 heterocycles. The summed E-state index contributed by atoms with van der Waals surface area (Å²) in [6.07, 6.45) is 0.448. The highest BCUT2D eigenvalue weighted by Gasteiger charge is 2.20. The van der Waals surface area contributed by atoms with Crippen molar-refractivity contribution in [3.8, 4) is 0 Å². The van der Waals surface area contributed by atoms with Crippen LogP contribution in [0.25, 0.3) is 0 Å². The van der Waals surface area contributed by atoms with Crippen molar-refractivity contribution in [2.45, 2.75) is 19.0 Å². The molecular weight excluding hydrogens is 304 g/mol. The molecule has 0 spiro atoms. The molecule has 2 N–H and O–H groups in total. The second kappa shape index (κ2) is 7.67. The number of esters is 1. The molecule has 7 heteroatoms. The second-order valence-corrected chi connectivity index (χ2v) is 5.36. The Kier molecular flexibility index (Phi) is 5.62. The van der Waals surface area contributed by atoms with E-state index in [9.17, 15) is 9.59 Å². The zero-order valence-electron chi connectivity index (χ0n) is 12.0. The van der Waals surface area contributed by atoms with Gasteiger partial charge in [0.15, 0.2) is 0 Å². The lowest BCUT2D eigenvalue weighted by molar-refractivity contribution is -0.143. The number of hydrogen-bond donors (Lipinski definition) is 2. The Morgan fingerprint density at radius 1 is 1.36 bits per heavy atom. The Labute approximate surface area is 131 Å². The summed E-state index contributed by atoms with van der Waals surface area (Å²) >= 11 is 1.47. The topological polar surface area (TPSA) is 88.5 Å². The van der Waals surface area contributed by atoms with Gasteiger partial charge in [-0.1, -0.05) is 12.1 Å². The first kappa shape index (κ1) is 16.1. The lowest BCUT2D eigenvalue weighted by atomic mass is 10.1. The number of carboxylic acid groups (broad SMARTS) is 1. The quantitative estimate of drug-likeness (QED) is 0.755. The van der Waals surface area contributed by atoms with Crippen molar-refractivity contribution in [3.05, 3.63) is 52.0 Å². The van der Waals surface area contributed by atoms with Crippen LogP contribution in [-0.2, 0) is 22.5 Å². The lowest BCUT2D eigenvalue weighted by Gasteiger charge is -2.15. The zero-order valence-corrected chi connectivity index (χ0v) is 12.8. The number of methoxy groups -OCH3 is 1. The van der Waals surface area contributed by atoms with Crippen LogP contribution in [0.2, 0.25) is 0 Å². The van der Waals surface area contributed by atoms with Crippen molar-refractivity contribution < 1.29 is 19.4 Å². The van der Waals surface area contributed by atoms with E-state index < -0.39 is 12.0 Å². The standard InChI is InChI=1S/C15H16N2O4S/c1-21-15(20)13(6-12-8-22-9-17-12)16-7-10-2-4-11(5-3-10)14(18)19/h2-5,8-9,13,16H,6-7H2,1H3,(H,18,19). The maximum absolute atomic E-state index is 11.8. The van der Waals surface area contributed by atoms with E-state index in [2.05, 4.69) is 10.3 Å². The fourth-order valence-corrected chi connectivity index (χ4v) is 2.51. The van der Waals surface area contributed by atoms with Crippen LogP contribution in [0.15, 0.2) is 35.2 Å². The van der Waals surface area contributed by atoms with Gasteiger partial charge >= 0.3 is 11.9 Å². The number of nitrogens with one attached hydrogen (secondary N) is 1. The number of rotatable bonds is 7. The molecule has 0 bridgehead atoms. The van der Waals surface area contributed by atoms with Crippen LogP contribution >= 0.6 is 11.3 Å². The predicted octanol–water partition coefficient (Wildman–Crippen LogP) is 1.72. The molecule has 1 atom stereocenters. The minimum atomic E-state index is -0.963. The second-order valence-electron chi connectivity index (χ2n) is 4.64. The van der Waals surface area contributed by atoms with Crippen LogP contribution in [0, 0.1) is 0 Å². The first-order valence-corrected chi connectivity index (χ1v) is 7.55. The first-order valence-electron chi connectivity index (χ1n) is 6.60. The maximum Gasteiger partial charge on any atom is 0.335 e. The zero-order chi connectivity index (χ0) is 15.9. The van der Waals surface area contributed by atoms with Gasteiger partial charge in [-0.15, -0.1) is 11.3 Å². The van der Waals surface area contributed by atoms with E-state index in [4.69, 9.17) is 9.84 Å². The smallest absolute Gasteiger partial charge is 0.335 e. The Balaban J connectivity index is 1.98. The van der Waals surface area contributed by atoms with Crippen LogP contribution in [0.5, 0.6) is 0 Å². The van der Waals surface area contributed by atoms with E-state index in [0.717, 1.165) is 11.3 Å². The Bertz CT molecular complexity index is 626. The summed E-state index contributed by atoms with van der Waals surface area (Å²) in [7, 11) is 1.35. The summed E-state index contributed by atoms with van der Waals surface area (Å²) in [6, 6.07) is 6.01. The summed E-state index contributed by atoms with van der Waals surface area (Å²) in [5.74, 6) is -1.31. The molecule has 116 valence electrons. The third kappa shape index (κ3) is 4.37. The van der Waals surface area contributed by atoms with Crippen LogP contribution in [0.4, 0.5) is 0 Å². The molecule has 1 aromatic carbocycles. The fourth-order valence-electron chi connectivity index (χ4n) is 1.93. The summed E-state index contributed by atoms with van der Waals surface area (Å²) in [5, 5.41) is 13.9. The SMILES string of the molecule is COC(=O)C(Cc1cscn1)NCc1ccc(C(=O)O)cc1. The van der Waals surface area contributed by atoms with Crippen LogP contribution < -0.4 is 5.32 Å². The molecule has 2 aromatic rings. The van der Waals surface area contributed by atoms with Gasteiger partial charge in [-0.05, 0) is 17.7 Å². The Morgan fingerprint density at radius 3 is 2.64 bits per heavy atom. The van der Waals surface area contributed by atoms with Crippen molar-refractivity contribution in [2.75, 3.05) is 7.11 Å². The van der Waals surface area contributed by atoms with E-state index in [1.165, 1.54) is 30.6 Å². The number of aromatic carboxylic acids is 1. The Morgan fingerprint density at radius 2 is 2.09 bits per heavy atom. The van der Waals surface area contributed by atoms with Gasteiger partial charge in [0.2, 0.25) is 0 Å². The largest absolute Gasteiger partial charge is 0.478 e. The van der Waals surface area contributed by atoms with Crippen molar-refractivity contribution in [3.63, 3.8) is 0 Å². The molecule has 0 aliphatic carbocycles. The van der Waals surface area contributed by atoms with Gasteiger partial charge in [0, 0.05) is 18.3 Å². The monoisotopic (exact) mass is 320 g/mol. The average Bonchev–Trinajstić information content (AvgIpc) is 3.04. The van der Waals surface area contributed by atoms with Gasteiger partial charge in [0.25, 0.3) is 0 Å². The van der Waals surface area contributed by atoms with Gasteiger partial charge in [-0.2, -0.15) is 0 Å². The van der Waals surface area contributed by atoms with Crippen molar-refractivity contribution in [2.24, 2.45) is 0 Å². The van der Waals surface area contributed by atoms with Crippen LogP contribution in [0.3, 0.4) is 0 Å². The molecule has 6 nitrogen and oxygen atoms in total. The minimum absolute atomic E-state index is 0.232. The van der Waals surface area contributed by atoms with E-state index in [0.29, 0.717) is 13.0 Å². The van der Waals surface area contributed by atoms with E-state index in [1.807, 2.05) is 5.38 Å². The molecule has 0 amide bonds. The summed E-state index contributed by atoms with van der Waals surface area (Å²) in [5.41, 5.74) is 3.66. The number of carbonyl (C=O) groups is 2. The highest BCUT2D eigenvalue weighted by molar-refractivity contribution is 7.07. The Hall–Kier alpha value is -2.25. The average molecular weight is 320 g/mol. The highest BCUT2D eigenvalue weighted by Crippen LogP contribution is 2.08. The molecule has 0 radical (unpaired) electrons. The summed E-state index contributed by atoms with van der Waals surface area (Å²) < 4.78 is 4.80. The molecule has 0 fully saturated rings. The lowest BCUT2D eigenvalue weighted by Crippen LogP contribution is -2.39. The molecule has 0 saturated heterocycles. The number of carbonyl (C=O) groups excluding carboxylic acids is 1. The summed E-state index contributed by atoms with van der Waals surface area (Å²) in [4.78, 5) is 26.8. The van der Waals surface area contributed by atoms with Crippen molar-refractivity contribution >= 4 is 23.3 Å². The van der Waals surface area contributed by atoms with Crippen molar-refractivity contribution in [1.82, 2.24) is 10.3 Å². The molecule has 2 rings (SSSR count). The van der Waals surface area contributed by atoms with Gasteiger partial charge in [-0.25, -0.2) is 9.78 Å². The number of benzene rings is 1. The molecule has 22 heavy (non-hydrogen) atoms. The van der Waals surface area contributed by atoms with E-state index in [-0.39, 0.29) is 11.5 Å². The number of thiazole rings is 1. The normalized spacial score (nSPS) is 11.9. The number of aromatic nitrogens is 1. The molecule has 1 unspecified atom stereocenters. The molecule has 0 aliphatic rings. The first-order chi connectivity index (χ1) is 10.6. The fraction of sp³-hybridized carbons (Fsp3) is 0.267. The maximum atomic E-state index is 11.8. The van der Waals surface area contributed by atoms with E-state index in [1.54, 1.807) is 17.6 Å². The third-order valence-electron chi connectivity index (χ3n) is 3.14. The van der Waals surface area contributed by atoms with Gasteiger partial charge in [0.05, 0.1) is 23.9 Å². The highest BCUT2D eigenvalue weighted by atomic mass is 32.1. The molecule has 0 aliphatic heterocycles. The van der Waals surface area contributed by atoms with E-state index >= 15 is 0 Å². The minimum Gasteiger partial charge on any atom is -0.478 e. The number of hydrogen-bond acceptors (Lipinski definition) is 6. The predicted molar refractivity (Wildman–Crippen MR) is 81.9 cm³/mol. The molecular formula is C15H16N2O4S. The van der Waals surface area contributed by atoms with Gasteiger partial charge in [-0.3, -0.25) is 10.1 Å². The van der Waals surface area contributed by atoms with Crippen molar-refractivity contribution in [1.29, 1.82) is 0 Å². The number of ether oxygens (including phenoxy) is 1.